The van der Waals surface area contributed by atoms with Gasteiger partial charge in [0.05, 0.1) is 0 Å². The Morgan fingerprint density at radius 1 is 0.844 bits per heavy atom. The van der Waals surface area contributed by atoms with Crippen LogP contribution < -0.4 is 5.73 Å². The Morgan fingerprint density at radius 2 is 1.31 bits per heavy atom. The maximum atomic E-state index is 10.8. The molecule has 0 aliphatic carbocycles. The van der Waals surface area contributed by atoms with Crippen LogP contribution in [0.2, 0.25) is 0 Å². The number of carbonyl (C=O) groups is 2. The predicted octanol–water partition coefficient (Wildman–Crippen LogP) is 5.67. The molecule has 1 atom stereocenters. The Bertz CT molecular complexity index is 480. The van der Waals surface area contributed by atoms with E-state index in [4.69, 9.17) is 15.9 Å². The van der Waals surface area contributed by atoms with Gasteiger partial charge in [0.1, 0.15) is 5.54 Å². The summed E-state index contributed by atoms with van der Waals surface area (Å²) in [5.74, 6) is -1.01. The number of amides is 1. The van der Waals surface area contributed by atoms with Crippen LogP contribution in [0.15, 0.2) is 12.2 Å². The average Bonchev–Trinajstić information content (AvgIpc) is 2.74. The van der Waals surface area contributed by atoms with Crippen molar-refractivity contribution in [3.63, 3.8) is 0 Å². The minimum atomic E-state index is -0.858. The molecule has 0 aliphatic rings. The zero-order chi connectivity index (χ0) is 24.7. The summed E-state index contributed by atoms with van der Waals surface area (Å²) in [5.41, 5.74) is 4.24. The molecule has 1 unspecified atom stereocenters. The van der Waals surface area contributed by atoms with Crippen molar-refractivity contribution in [2.45, 2.75) is 122 Å². The zero-order valence-corrected chi connectivity index (χ0v) is 21.4. The number of nitrogens with two attached hydrogens (primary N) is 1. The second-order valence-corrected chi connectivity index (χ2v) is 9.10. The van der Waals surface area contributed by atoms with E-state index >= 15 is 0 Å². The van der Waals surface area contributed by atoms with Crippen molar-refractivity contribution in [3.8, 4) is 0 Å². The molecular formula is C26H52N2O4. The molecule has 0 saturated carbocycles. The van der Waals surface area contributed by atoms with Crippen LogP contribution in [0.3, 0.4) is 0 Å². The average molecular weight is 457 g/mol. The molecule has 0 bridgehead atoms. The number of primary amides is 1. The molecule has 0 heterocycles. The summed E-state index contributed by atoms with van der Waals surface area (Å²) in [6.07, 6.45) is 22.9. The van der Waals surface area contributed by atoms with Gasteiger partial charge < -0.3 is 15.9 Å². The quantitative estimate of drug-likeness (QED) is 0.162. The molecule has 32 heavy (non-hydrogen) atoms. The minimum Gasteiger partial charge on any atom is -0.480 e. The summed E-state index contributed by atoms with van der Waals surface area (Å²) in [7, 11) is 3.46. The zero-order valence-electron chi connectivity index (χ0n) is 21.4. The number of hydrogen-bond donors (Lipinski definition) is 3. The molecule has 0 spiro atoms. The van der Waals surface area contributed by atoms with Gasteiger partial charge in [-0.1, -0.05) is 70.4 Å². The van der Waals surface area contributed by atoms with Crippen molar-refractivity contribution >= 4 is 11.9 Å². The van der Waals surface area contributed by atoms with E-state index < -0.39 is 11.5 Å². The van der Waals surface area contributed by atoms with E-state index in [1.807, 2.05) is 0 Å². The van der Waals surface area contributed by atoms with Gasteiger partial charge in [0, 0.05) is 13.0 Å². The van der Waals surface area contributed by atoms with Crippen molar-refractivity contribution in [2.75, 3.05) is 20.7 Å². The molecule has 190 valence electrons. The number of carboxylic acid groups (broad SMARTS) is 1. The van der Waals surface area contributed by atoms with Crippen LogP contribution in [0.25, 0.3) is 0 Å². The lowest BCUT2D eigenvalue weighted by molar-refractivity contribution is -0.149. The Balaban J connectivity index is 0. The largest absolute Gasteiger partial charge is 0.480 e. The van der Waals surface area contributed by atoms with Gasteiger partial charge in [-0.25, -0.2) is 0 Å². The molecular weight excluding hydrogens is 404 g/mol. The maximum absolute atomic E-state index is 10.8. The molecule has 4 N–H and O–H groups in total. The fourth-order valence-corrected chi connectivity index (χ4v) is 3.32. The summed E-state index contributed by atoms with van der Waals surface area (Å²) in [6, 6.07) is 0. The molecule has 0 rings (SSSR count). The van der Waals surface area contributed by atoms with Gasteiger partial charge in [0.15, 0.2) is 0 Å². The van der Waals surface area contributed by atoms with Crippen molar-refractivity contribution in [2.24, 2.45) is 5.73 Å². The summed E-state index contributed by atoms with van der Waals surface area (Å²) >= 11 is 0. The lowest BCUT2D eigenvalue weighted by atomic mass is 9.95. The fourth-order valence-electron chi connectivity index (χ4n) is 3.32. The van der Waals surface area contributed by atoms with Crippen LogP contribution in [0.5, 0.6) is 0 Å². The first-order valence-electron chi connectivity index (χ1n) is 12.7. The number of aliphatic hydroxyl groups is 1. The van der Waals surface area contributed by atoms with Crippen LogP contribution in [0, 0.1) is 0 Å². The van der Waals surface area contributed by atoms with Crippen molar-refractivity contribution in [1.29, 1.82) is 0 Å². The Labute approximate surface area is 197 Å². The SMILES string of the molecule is CCCCCCCC/C=C\CCCCCCCC(N)=O.CN(C)C(C)(CCCO)C(=O)O. The number of carboxylic acids is 1. The molecule has 0 fully saturated rings. The van der Waals surface area contributed by atoms with Gasteiger partial charge in [-0.05, 0) is 66.0 Å². The van der Waals surface area contributed by atoms with E-state index in [1.165, 1.54) is 70.6 Å². The summed E-state index contributed by atoms with van der Waals surface area (Å²) < 4.78 is 0. The number of nitrogens with zero attached hydrogens (tertiary/aromatic N) is 1. The molecule has 1 amide bonds. The third kappa shape index (κ3) is 20.5. The first kappa shape index (κ1) is 32.8. The number of rotatable bonds is 20. The highest BCUT2D eigenvalue weighted by molar-refractivity contribution is 5.78. The molecule has 0 aromatic carbocycles. The normalized spacial score (nSPS) is 13.1. The lowest BCUT2D eigenvalue weighted by Gasteiger charge is -2.31. The van der Waals surface area contributed by atoms with Gasteiger partial charge in [0.2, 0.25) is 5.91 Å². The predicted molar refractivity (Wildman–Crippen MR) is 135 cm³/mol. The highest BCUT2D eigenvalue weighted by atomic mass is 16.4. The second kappa shape index (κ2) is 22.8. The second-order valence-electron chi connectivity index (χ2n) is 9.10. The monoisotopic (exact) mass is 456 g/mol. The number of aliphatic hydroxyl groups excluding tert-OH is 1. The van der Waals surface area contributed by atoms with Crippen molar-refractivity contribution in [3.05, 3.63) is 12.2 Å². The Hall–Kier alpha value is -1.40. The standard InChI is InChI=1S/C18H35NO.C8H17NO3/c1-2-3-4-5-6-7-8-9-10-11-12-13-14-15-16-17-18(19)20;1-8(7(11)12,9(2)3)5-4-6-10/h9-10H,2-8,11-17H2,1H3,(H2,19,20);10H,4-6H2,1-3H3,(H,11,12)/b10-9-;. The van der Waals surface area contributed by atoms with E-state index in [9.17, 15) is 9.59 Å². The van der Waals surface area contributed by atoms with E-state index in [1.54, 1.807) is 25.9 Å². The summed E-state index contributed by atoms with van der Waals surface area (Å²) in [4.78, 5) is 23.0. The first-order valence-corrected chi connectivity index (χ1v) is 12.7. The van der Waals surface area contributed by atoms with E-state index in [0.717, 1.165) is 12.8 Å². The van der Waals surface area contributed by atoms with Crippen LogP contribution in [0.1, 0.15) is 117 Å². The van der Waals surface area contributed by atoms with Gasteiger partial charge in [-0.2, -0.15) is 0 Å². The third-order valence-corrected chi connectivity index (χ3v) is 5.95. The Morgan fingerprint density at radius 3 is 1.72 bits per heavy atom. The molecule has 0 radical (unpaired) electrons. The maximum Gasteiger partial charge on any atom is 0.323 e. The van der Waals surface area contributed by atoms with Crippen LogP contribution in [0.4, 0.5) is 0 Å². The molecule has 0 aliphatic heterocycles. The third-order valence-electron chi connectivity index (χ3n) is 5.95. The number of carbonyl (C=O) groups excluding carboxylic acids is 1. The molecule has 6 nitrogen and oxygen atoms in total. The number of aliphatic carboxylic acids is 1. The highest BCUT2D eigenvalue weighted by Gasteiger charge is 2.34. The molecule has 0 aromatic heterocycles. The van der Waals surface area contributed by atoms with Gasteiger partial charge in [-0.3, -0.25) is 14.5 Å². The summed E-state index contributed by atoms with van der Waals surface area (Å²) in [6.45, 7) is 3.96. The van der Waals surface area contributed by atoms with Crippen LogP contribution in [-0.2, 0) is 9.59 Å². The number of allylic oxidation sites excluding steroid dienone is 2. The van der Waals surface area contributed by atoms with Gasteiger partial charge in [0.25, 0.3) is 0 Å². The fraction of sp³-hybridized carbons (Fsp3) is 0.846. The molecule has 0 aromatic rings. The first-order chi connectivity index (χ1) is 15.2. The topological polar surface area (TPSA) is 104 Å². The number of unbranched alkanes of at least 4 members (excludes halogenated alkanes) is 11. The minimum absolute atomic E-state index is 0.0384. The van der Waals surface area contributed by atoms with Gasteiger partial charge >= 0.3 is 5.97 Å². The smallest absolute Gasteiger partial charge is 0.323 e. The van der Waals surface area contributed by atoms with Crippen LogP contribution in [-0.4, -0.2) is 53.2 Å². The highest BCUT2D eigenvalue weighted by Crippen LogP contribution is 2.18. The van der Waals surface area contributed by atoms with Gasteiger partial charge in [-0.15, -0.1) is 0 Å². The van der Waals surface area contributed by atoms with E-state index in [0.29, 0.717) is 19.3 Å². The Kier molecular flexibility index (Phi) is 23.3. The van der Waals surface area contributed by atoms with Crippen LogP contribution >= 0.6 is 0 Å². The van der Waals surface area contributed by atoms with Crippen molar-refractivity contribution < 1.29 is 19.8 Å². The number of likely N-dealkylation sites (N-methyl/N-ethyl adjacent to an activating group) is 1. The van der Waals surface area contributed by atoms with Crippen molar-refractivity contribution in [1.82, 2.24) is 4.90 Å². The van der Waals surface area contributed by atoms with E-state index in [2.05, 4.69) is 19.1 Å². The molecule has 0 saturated heterocycles. The summed E-state index contributed by atoms with van der Waals surface area (Å²) in [5, 5.41) is 17.5. The number of hydrogen-bond acceptors (Lipinski definition) is 4. The molecule has 6 heteroatoms. The van der Waals surface area contributed by atoms with E-state index in [-0.39, 0.29) is 12.5 Å². The lowest BCUT2D eigenvalue weighted by Crippen LogP contribution is -2.48.